The van der Waals surface area contributed by atoms with Crippen LogP contribution in [0.5, 0.6) is 0 Å². The van der Waals surface area contributed by atoms with E-state index >= 15 is 0 Å². The molecule has 0 aliphatic rings. The van der Waals surface area contributed by atoms with E-state index in [2.05, 4.69) is 9.97 Å². The number of carbonyl (C=O) groups excluding carboxylic acids is 1. The largest absolute Gasteiger partial charge is 0.384 e. The second kappa shape index (κ2) is 4.06. The lowest BCUT2D eigenvalue weighted by Crippen LogP contribution is -2.03. The summed E-state index contributed by atoms with van der Waals surface area (Å²) in [6.45, 7) is 1.90. The van der Waals surface area contributed by atoms with Crippen molar-refractivity contribution in [2.75, 3.05) is 11.5 Å². The Kier molecular flexibility index (Phi) is 3.04. The van der Waals surface area contributed by atoms with Crippen molar-refractivity contribution in [3.05, 3.63) is 18.1 Å². The molecule has 2 N–H and O–H groups in total. The molecule has 0 saturated heterocycles. The molecule has 12 heavy (non-hydrogen) atoms. The zero-order valence-corrected chi connectivity index (χ0v) is 7.47. The molecule has 0 spiro atoms. The number of anilines is 1. The summed E-state index contributed by atoms with van der Waals surface area (Å²) in [6.07, 6.45) is 1.48. The monoisotopic (exact) mass is 183 g/mol. The molecule has 5 heteroatoms. The molecule has 0 bridgehead atoms. The maximum atomic E-state index is 11.2. The molecule has 1 rings (SSSR count). The number of thioether (sulfide) groups is 1. The lowest BCUT2D eigenvalue weighted by molar-refractivity contribution is 0.108. The Hall–Kier alpha value is -1.10. The topological polar surface area (TPSA) is 68.9 Å². The predicted molar refractivity (Wildman–Crippen MR) is 48.9 cm³/mol. The van der Waals surface area contributed by atoms with Gasteiger partial charge in [-0.1, -0.05) is 18.7 Å². The minimum atomic E-state index is -0.134. The summed E-state index contributed by atoms with van der Waals surface area (Å²) in [5, 5.41) is -0.134. The molecule has 0 saturated carbocycles. The quantitative estimate of drug-likeness (QED) is 0.739. The first-order valence-corrected chi connectivity index (χ1v) is 4.48. The number of rotatable bonds is 2. The summed E-state index contributed by atoms with van der Waals surface area (Å²) in [7, 11) is 0. The van der Waals surface area contributed by atoms with Gasteiger partial charge in [0.2, 0.25) is 5.82 Å². The standard InChI is InChI=1S/C7H9N3OS/c1-2-12-7(11)6-9-4-3-5(8)10-6/h3-4H,2H2,1H3,(H2,8,9,10). The summed E-state index contributed by atoms with van der Waals surface area (Å²) in [5.41, 5.74) is 5.38. The Morgan fingerprint density at radius 3 is 3.08 bits per heavy atom. The van der Waals surface area contributed by atoms with Crippen molar-refractivity contribution < 1.29 is 4.79 Å². The highest BCUT2D eigenvalue weighted by molar-refractivity contribution is 8.14. The molecule has 0 aliphatic carbocycles. The van der Waals surface area contributed by atoms with Crippen molar-refractivity contribution in [3.8, 4) is 0 Å². The number of aromatic nitrogens is 2. The first-order valence-electron chi connectivity index (χ1n) is 3.49. The second-order valence-electron chi connectivity index (χ2n) is 2.03. The van der Waals surface area contributed by atoms with Crippen LogP contribution < -0.4 is 5.73 Å². The number of nitrogens with two attached hydrogens (primary N) is 1. The second-order valence-corrected chi connectivity index (χ2v) is 3.26. The Labute approximate surface area is 74.6 Å². The molecule has 0 atom stereocenters. The molecule has 4 nitrogen and oxygen atoms in total. The van der Waals surface area contributed by atoms with E-state index in [0.29, 0.717) is 5.82 Å². The van der Waals surface area contributed by atoms with Gasteiger partial charge in [-0.05, 0) is 11.8 Å². The fourth-order valence-electron chi connectivity index (χ4n) is 0.667. The molecular weight excluding hydrogens is 174 g/mol. The van der Waals surface area contributed by atoms with E-state index in [1.54, 1.807) is 6.07 Å². The van der Waals surface area contributed by atoms with Crippen LogP contribution in [0.25, 0.3) is 0 Å². The maximum absolute atomic E-state index is 11.2. The van der Waals surface area contributed by atoms with Crippen LogP contribution >= 0.6 is 11.8 Å². The van der Waals surface area contributed by atoms with E-state index in [1.807, 2.05) is 6.92 Å². The number of hydrogen-bond acceptors (Lipinski definition) is 5. The summed E-state index contributed by atoms with van der Waals surface area (Å²) in [5.74, 6) is 1.23. The Morgan fingerprint density at radius 2 is 2.50 bits per heavy atom. The van der Waals surface area contributed by atoms with Gasteiger partial charge in [-0.3, -0.25) is 4.79 Å². The van der Waals surface area contributed by atoms with E-state index in [4.69, 9.17) is 5.73 Å². The minimum absolute atomic E-state index is 0.134. The van der Waals surface area contributed by atoms with Gasteiger partial charge in [-0.2, -0.15) is 0 Å². The van der Waals surface area contributed by atoms with Crippen molar-refractivity contribution in [3.63, 3.8) is 0 Å². The minimum Gasteiger partial charge on any atom is -0.384 e. The number of carbonyl (C=O) groups is 1. The molecule has 1 heterocycles. The number of hydrogen-bond donors (Lipinski definition) is 1. The zero-order valence-electron chi connectivity index (χ0n) is 6.65. The van der Waals surface area contributed by atoms with Crippen LogP contribution in [0.3, 0.4) is 0 Å². The van der Waals surface area contributed by atoms with Crippen molar-refractivity contribution in [2.24, 2.45) is 0 Å². The first kappa shape index (κ1) is 8.99. The van der Waals surface area contributed by atoms with Crippen molar-refractivity contribution in [1.82, 2.24) is 9.97 Å². The first-order chi connectivity index (χ1) is 5.74. The SMILES string of the molecule is CCSC(=O)c1nccc(N)n1. The van der Waals surface area contributed by atoms with Gasteiger partial charge in [0.1, 0.15) is 5.82 Å². The van der Waals surface area contributed by atoms with Gasteiger partial charge in [0.15, 0.2) is 0 Å². The Bertz CT molecular complexity index is 290. The summed E-state index contributed by atoms with van der Waals surface area (Å²) < 4.78 is 0. The molecule has 64 valence electrons. The molecule has 1 aromatic heterocycles. The van der Waals surface area contributed by atoms with Crippen LogP contribution in [0.4, 0.5) is 5.82 Å². The number of nitrogen functional groups attached to an aromatic ring is 1. The summed E-state index contributed by atoms with van der Waals surface area (Å²) >= 11 is 1.17. The van der Waals surface area contributed by atoms with Crippen molar-refractivity contribution in [1.29, 1.82) is 0 Å². The fourth-order valence-corrected chi connectivity index (χ4v) is 1.16. The van der Waals surface area contributed by atoms with Crippen LogP contribution in [-0.4, -0.2) is 20.8 Å². The third-order valence-corrected chi connectivity index (χ3v) is 1.87. The van der Waals surface area contributed by atoms with Gasteiger partial charge in [0.05, 0.1) is 0 Å². The molecule has 0 radical (unpaired) electrons. The van der Waals surface area contributed by atoms with Gasteiger partial charge in [0.25, 0.3) is 5.12 Å². The molecular formula is C7H9N3OS. The molecule has 0 unspecified atom stereocenters. The highest BCUT2D eigenvalue weighted by Gasteiger charge is 2.07. The van der Waals surface area contributed by atoms with E-state index in [-0.39, 0.29) is 10.9 Å². The third-order valence-electron chi connectivity index (χ3n) is 1.14. The van der Waals surface area contributed by atoms with Gasteiger partial charge < -0.3 is 5.73 Å². The third kappa shape index (κ3) is 2.20. The molecule has 0 aliphatic heterocycles. The van der Waals surface area contributed by atoms with Gasteiger partial charge in [-0.15, -0.1) is 0 Å². The van der Waals surface area contributed by atoms with E-state index in [9.17, 15) is 4.79 Å². The predicted octanol–water partition coefficient (Wildman–Crippen LogP) is 0.952. The molecule has 0 fully saturated rings. The van der Waals surface area contributed by atoms with E-state index < -0.39 is 0 Å². The lowest BCUT2D eigenvalue weighted by atomic mass is 10.5. The van der Waals surface area contributed by atoms with Crippen LogP contribution in [-0.2, 0) is 0 Å². The van der Waals surface area contributed by atoms with E-state index in [1.165, 1.54) is 18.0 Å². The summed E-state index contributed by atoms with van der Waals surface area (Å²) in [4.78, 5) is 18.8. The van der Waals surface area contributed by atoms with Crippen molar-refractivity contribution >= 4 is 22.7 Å². The van der Waals surface area contributed by atoms with Gasteiger partial charge >= 0.3 is 0 Å². The zero-order chi connectivity index (χ0) is 8.97. The smallest absolute Gasteiger partial charge is 0.256 e. The maximum Gasteiger partial charge on any atom is 0.256 e. The van der Waals surface area contributed by atoms with Crippen LogP contribution in [0.15, 0.2) is 12.3 Å². The lowest BCUT2D eigenvalue weighted by Gasteiger charge is -1.96. The highest BCUT2D eigenvalue weighted by atomic mass is 32.2. The van der Waals surface area contributed by atoms with Gasteiger partial charge in [0, 0.05) is 6.20 Å². The number of nitrogens with zero attached hydrogens (tertiary/aromatic N) is 2. The molecule has 0 amide bonds. The normalized spacial score (nSPS) is 9.75. The highest BCUT2D eigenvalue weighted by Crippen LogP contribution is 2.08. The Morgan fingerprint density at radius 1 is 1.75 bits per heavy atom. The van der Waals surface area contributed by atoms with Crippen LogP contribution in [0.2, 0.25) is 0 Å². The van der Waals surface area contributed by atoms with Crippen LogP contribution in [0.1, 0.15) is 17.5 Å². The van der Waals surface area contributed by atoms with Crippen LogP contribution in [0, 0.1) is 0 Å². The molecule has 1 aromatic rings. The molecule has 0 aromatic carbocycles. The van der Waals surface area contributed by atoms with Gasteiger partial charge in [-0.25, -0.2) is 9.97 Å². The van der Waals surface area contributed by atoms with Crippen molar-refractivity contribution in [2.45, 2.75) is 6.92 Å². The summed E-state index contributed by atoms with van der Waals surface area (Å²) in [6, 6.07) is 1.55. The fraction of sp³-hybridized carbons (Fsp3) is 0.286. The van der Waals surface area contributed by atoms with E-state index in [0.717, 1.165) is 5.75 Å². The average molecular weight is 183 g/mol. The Balaban J connectivity index is 2.81. The average Bonchev–Trinajstić information content (AvgIpc) is 2.05.